The maximum absolute atomic E-state index is 11.7. The number of anilines is 2. The third-order valence-corrected chi connectivity index (χ3v) is 7.50. The lowest BCUT2D eigenvalue weighted by atomic mass is 9.82. The highest BCUT2D eigenvalue weighted by atomic mass is 16.6. The Morgan fingerprint density at radius 2 is 1.77 bits per heavy atom. The average Bonchev–Trinajstić information content (AvgIpc) is 2.96. The van der Waals surface area contributed by atoms with Crippen LogP contribution in [0.2, 0.25) is 0 Å². The molecule has 6 N–H and O–H groups in total. The molecule has 1 saturated carbocycles. The van der Waals surface area contributed by atoms with E-state index in [1.807, 2.05) is 12.1 Å². The molecule has 0 atom stereocenters. The van der Waals surface area contributed by atoms with Crippen molar-refractivity contribution in [1.29, 1.82) is 0 Å². The molecule has 0 radical (unpaired) electrons. The molecule has 0 saturated heterocycles. The molecule has 10 heteroatoms. The Balaban J connectivity index is 1.43. The van der Waals surface area contributed by atoms with E-state index >= 15 is 0 Å². The SMILES string of the molecule is Cc1c(CNc2ncc([N+](=O)O)c(NC[C@H]3CC[C@H](CO)CC3)n2)cccc1-c1cccc(CNCCO)c1. The fourth-order valence-corrected chi connectivity index (χ4v) is 5.11. The van der Waals surface area contributed by atoms with Crippen molar-refractivity contribution in [3.63, 3.8) is 0 Å². The number of benzene rings is 2. The molecule has 1 heterocycles. The smallest absolute Gasteiger partial charge is 0.376 e. The van der Waals surface area contributed by atoms with Crippen LogP contribution in [-0.2, 0) is 13.1 Å². The van der Waals surface area contributed by atoms with Gasteiger partial charge < -0.3 is 26.2 Å². The highest BCUT2D eigenvalue weighted by Gasteiger charge is 2.25. The van der Waals surface area contributed by atoms with E-state index in [0.29, 0.717) is 44.0 Å². The monoisotopic (exact) mass is 535 g/mol. The molecular formula is C29H39N6O4+. The van der Waals surface area contributed by atoms with Crippen molar-refractivity contribution in [2.24, 2.45) is 11.8 Å². The number of aliphatic hydroxyl groups is 2. The van der Waals surface area contributed by atoms with Crippen molar-refractivity contribution in [3.05, 3.63) is 70.3 Å². The van der Waals surface area contributed by atoms with Crippen LogP contribution >= 0.6 is 0 Å². The van der Waals surface area contributed by atoms with Crippen LogP contribution in [-0.4, -0.2) is 56.6 Å². The van der Waals surface area contributed by atoms with Gasteiger partial charge in [-0.2, -0.15) is 4.98 Å². The molecule has 10 nitrogen and oxygen atoms in total. The standard InChI is InChI=1S/C29H39N6O4/c1-20-25(6-3-7-26(20)24-5-2-4-23(14-24)15-30-12-13-36)17-32-29-33-18-27(35(38)39)28(34-29)31-16-21-8-10-22(19-37)11-9-21/h2-7,14,18,21-22,30,36-37H,8-13,15-17,19H2,1H3,(H,38,39)(H2,31,32,33,34)/q+1/t21-,22-. The fraction of sp³-hybridized carbons (Fsp3) is 0.448. The minimum atomic E-state index is -0.212. The van der Waals surface area contributed by atoms with Gasteiger partial charge in [0.15, 0.2) is 0 Å². The predicted molar refractivity (Wildman–Crippen MR) is 151 cm³/mol. The van der Waals surface area contributed by atoms with Crippen LogP contribution in [0, 0.1) is 23.7 Å². The summed E-state index contributed by atoms with van der Waals surface area (Å²) < 4.78 is 0. The predicted octanol–water partition coefficient (Wildman–Crippen LogP) is 4.16. The molecule has 1 aliphatic rings. The number of hydrogen-bond donors (Lipinski definition) is 6. The molecule has 0 spiro atoms. The van der Waals surface area contributed by atoms with E-state index < -0.39 is 0 Å². The van der Waals surface area contributed by atoms with Gasteiger partial charge in [0.1, 0.15) is 6.20 Å². The second-order valence-corrected chi connectivity index (χ2v) is 10.2. The summed E-state index contributed by atoms with van der Waals surface area (Å²) >= 11 is 0. The number of hydrogen-bond acceptors (Lipinski definition) is 8. The summed E-state index contributed by atoms with van der Waals surface area (Å²) in [7, 11) is 0. The van der Waals surface area contributed by atoms with Crippen LogP contribution in [0.15, 0.2) is 48.7 Å². The van der Waals surface area contributed by atoms with Gasteiger partial charge >= 0.3 is 5.69 Å². The van der Waals surface area contributed by atoms with E-state index in [2.05, 4.69) is 63.2 Å². The lowest BCUT2D eigenvalue weighted by Crippen LogP contribution is -2.23. The van der Waals surface area contributed by atoms with Crippen molar-refractivity contribution in [3.8, 4) is 11.1 Å². The number of rotatable bonds is 13. The average molecular weight is 536 g/mol. The first-order valence-electron chi connectivity index (χ1n) is 13.6. The summed E-state index contributed by atoms with van der Waals surface area (Å²) in [6, 6.07) is 14.5. The second kappa shape index (κ2) is 14.0. The molecule has 0 bridgehead atoms. The largest absolute Gasteiger partial charge is 0.396 e. The Bertz CT molecular complexity index is 1250. The number of nitrogens with zero attached hydrogens (tertiary/aromatic N) is 3. The summed E-state index contributed by atoms with van der Waals surface area (Å²) in [6.45, 7) is 4.80. The molecule has 4 rings (SSSR count). The number of aromatic nitrogens is 2. The van der Waals surface area contributed by atoms with Gasteiger partial charge in [0.2, 0.25) is 11.8 Å². The van der Waals surface area contributed by atoms with E-state index in [1.165, 1.54) is 6.20 Å². The normalized spacial score (nSPS) is 17.1. The van der Waals surface area contributed by atoms with Crippen LogP contribution in [0.1, 0.15) is 42.4 Å². The van der Waals surface area contributed by atoms with Crippen LogP contribution in [0.3, 0.4) is 0 Å². The van der Waals surface area contributed by atoms with Gasteiger partial charge in [-0.15, -0.1) is 0 Å². The maximum atomic E-state index is 11.7. The number of aliphatic hydroxyl groups excluding tert-OH is 2. The van der Waals surface area contributed by atoms with E-state index in [-0.39, 0.29) is 29.6 Å². The molecule has 3 aromatic rings. The first-order chi connectivity index (χ1) is 19.0. The van der Waals surface area contributed by atoms with Gasteiger partial charge in [-0.3, -0.25) is 0 Å². The number of nitrogens with one attached hydrogen (secondary N) is 3. The Labute approximate surface area is 229 Å². The summed E-state index contributed by atoms with van der Waals surface area (Å²) in [4.78, 5) is 20.2. The highest BCUT2D eigenvalue weighted by molar-refractivity contribution is 5.69. The van der Waals surface area contributed by atoms with Gasteiger partial charge in [-0.05, 0) is 78.3 Å². The molecular weight excluding hydrogens is 496 g/mol. The maximum Gasteiger partial charge on any atom is 0.376 e. The van der Waals surface area contributed by atoms with Crippen LogP contribution in [0.4, 0.5) is 17.5 Å². The Morgan fingerprint density at radius 1 is 1.00 bits per heavy atom. The first-order valence-corrected chi connectivity index (χ1v) is 13.6. The zero-order valence-electron chi connectivity index (χ0n) is 22.4. The first kappa shape index (κ1) is 28.4. The third kappa shape index (κ3) is 7.72. The molecule has 1 aromatic heterocycles. The lowest BCUT2D eigenvalue weighted by Gasteiger charge is -2.27. The third-order valence-electron chi connectivity index (χ3n) is 7.50. The van der Waals surface area contributed by atoms with Crippen molar-refractivity contribution >= 4 is 17.5 Å². The topological polar surface area (TPSA) is 143 Å². The Morgan fingerprint density at radius 3 is 2.51 bits per heavy atom. The van der Waals surface area contributed by atoms with E-state index in [9.17, 15) is 15.2 Å². The summed E-state index contributed by atoms with van der Waals surface area (Å²) in [6.07, 6.45) is 5.29. The van der Waals surface area contributed by atoms with E-state index in [4.69, 9.17) is 5.11 Å². The van der Waals surface area contributed by atoms with Gasteiger partial charge in [0.05, 0.1) is 11.5 Å². The molecule has 39 heavy (non-hydrogen) atoms. The van der Waals surface area contributed by atoms with Crippen molar-refractivity contribution in [2.45, 2.75) is 45.7 Å². The van der Waals surface area contributed by atoms with Crippen LogP contribution in [0.25, 0.3) is 11.1 Å². The van der Waals surface area contributed by atoms with E-state index in [1.54, 1.807) is 0 Å². The molecule has 0 aliphatic heterocycles. The lowest BCUT2D eigenvalue weighted by molar-refractivity contribution is -0.729. The molecule has 0 unspecified atom stereocenters. The van der Waals surface area contributed by atoms with Crippen LogP contribution < -0.4 is 16.0 Å². The minimum absolute atomic E-state index is 0.0314. The zero-order chi connectivity index (χ0) is 27.6. The summed E-state index contributed by atoms with van der Waals surface area (Å²) in [5.74, 6) is 1.43. The highest BCUT2D eigenvalue weighted by Crippen LogP contribution is 2.30. The second-order valence-electron chi connectivity index (χ2n) is 10.2. The van der Waals surface area contributed by atoms with Gasteiger partial charge in [0, 0.05) is 32.8 Å². The van der Waals surface area contributed by atoms with Crippen molar-refractivity contribution < 1.29 is 20.3 Å². The quantitative estimate of drug-likeness (QED) is 0.140. The van der Waals surface area contributed by atoms with Crippen molar-refractivity contribution in [2.75, 3.05) is 36.9 Å². The van der Waals surface area contributed by atoms with Gasteiger partial charge in [-0.25, -0.2) is 10.2 Å². The van der Waals surface area contributed by atoms with Gasteiger partial charge in [0.25, 0.3) is 4.92 Å². The Hall–Kier alpha value is -3.60. The molecule has 0 amide bonds. The summed E-state index contributed by atoms with van der Waals surface area (Å²) in [5, 5.41) is 37.6. The molecule has 208 valence electrons. The minimum Gasteiger partial charge on any atom is -0.396 e. The van der Waals surface area contributed by atoms with Gasteiger partial charge in [-0.1, -0.05) is 36.4 Å². The molecule has 2 aromatic carbocycles. The van der Waals surface area contributed by atoms with Crippen LogP contribution in [0.5, 0.6) is 0 Å². The Kier molecular flexibility index (Phi) is 10.2. The van der Waals surface area contributed by atoms with Crippen molar-refractivity contribution in [1.82, 2.24) is 15.3 Å². The fourth-order valence-electron chi connectivity index (χ4n) is 5.11. The molecule has 1 fully saturated rings. The van der Waals surface area contributed by atoms with E-state index in [0.717, 1.165) is 53.5 Å². The molecule has 1 aliphatic carbocycles. The zero-order valence-corrected chi connectivity index (χ0v) is 22.4. The summed E-state index contributed by atoms with van der Waals surface area (Å²) in [5.41, 5.74) is 5.60.